The van der Waals surface area contributed by atoms with E-state index in [-0.39, 0.29) is 29.7 Å². The number of ether oxygens (including phenoxy) is 2. The van der Waals surface area contributed by atoms with Crippen molar-refractivity contribution in [2.75, 3.05) is 25.3 Å². The van der Waals surface area contributed by atoms with E-state index in [1.807, 2.05) is 0 Å². The number of halogens is 1. The van der Waals surface area contributed by atoms with Gasteiger partial charge >= 0.3 is 0 Å². The molecule has 0 spiro atoms. The third kappa shape index (κ3) is 5.80. The van der Waals surface area contributed by atoms with E-state index in [9.17, 15) is 14.0 Å². The lowest BCUT2D eigenvalue weighted by Gasteiger charge is -2.10. The number of Topliss-reactive ketones (excluding diaryl/α,β-unsaturated/α-hetero) is 1. The molecule has 0 radical (unpaired) electrons. The summed E-state index contributed by atoms with van der Waals surface area (Å²) in [5.41, 5.74) is 1.66. The molecule has 0 unspecified atom stereocenters. The van der Waals surface area contributed by atoms with Gasteiger partial charge in [0.05, 0.1) is 32.1 Å². The summed E-state index contributed by atoms with van der Waals surface area (Å²) in [5, 5.41) is 4.59. The van der Waals surface area contributed by atoms with Crippen molar-refractivity contribution in [1.29, 1.82) is 0 Å². The van der Waals surface area contributed by atoms with Crippen LogP contribution in [0.5, 0.6) is 11.5 Å². The van der Waals surface area contributed by atoms with Crippen LogP contribution in [0.15, 0.2) is 52.2 Å². The molecule has 6 nitrogen and oxygen atoms in total. The number of anilines is 1. The lowest BCUT2D eigenvalue weighted by Crippen LogP contribution is -2.14. The number of thiazole rings is 1. The minimum Gasteiger partial charge on any atom is -0.493 e. The Labute approximate surface area is 181 Å². The first-order valence-corrected chi connectivity index (χ1v) is 10.7. The lowest BCUT2D eigenvalue weighted by molar-refractivity contribution is -0.115. The quantitative estimate of drug-likeness (QED) is 0.386. The molecule has 0 aliphatic carbocycles. The van der Waals surface area contributed by atoms with Crippen molar-refractivity contribution in [3.05, 3.63) is 64.9 Å². The molecule has 0 saturated heterocycles. The van der Waals surface area contributed by atoms with Crippen molar-refractivity contribution in [2.24, 2.45) is 0 Å². The van der Waals surface area contributed by atoms with Crippen LogP contribution in [0.25, 0.3) is 0 Å². The Bertz CT molecular complexity index is 1040. The zero-order valence-corrected chi connectivity index (χ0v) is 17.9. The maximum atomic E-state index is 12.9. The summed E-state index contributed by atoms with van der Waals surface area (Å²) >= 11 is 2.66. The fourth-order valence-corrected chi connectivity index (χ4v) is 4.31. The Morgan fingerprint density at radius 3 is 2.53 bits per heavy atom. The van der Waals surface area contributed by atoms with Gasteiger partial charge in [0.1, 0.15) is 5.82 Å². The van der Waals surface area contributed by atoms with Gasteiger partial charge in [0.2, 0.25) is 5.91 Å². The molecule has 1 amide bonds. The third-order valence-electron chi connectivity index (χ3n) is 4.03. The normalized spacial score (nSPS) is 10.5. The number of carbonyl (C=O) groups is 2. The van der Waals surface area contributed by atoms with Gasteiger partial charge in [-0.25, -0.2) is 9.37 Å². The summed E-state index contributed by atoms with van der Waals surface area (Å²) in [6, 6.07) is 10.6. The molecule has 3 rings (SSSR count). The average Bonchev–Trinajstić information content (AvgIpc) is 3.19. The molecule has 9 heteroatoms. The number of aromatic nitrogens is 1. The van der Waals surface area contributed by atoms with Gasteiger partial charge in [-0.05, 0) is 36.4 Å². The number of benzene rings is 2. The predicted octanol–water partition coefficient (Wildman–Crippen LogP) is 4.46. The van der Waals surface area contributed by atoms with Crippen LogP contribution in [0.4, 0.5) is 10.1 Å². The molecular formula is C21H19FN2O4S2. The monoisotopic (exact) mass is 446 g/mol. The largest absolute Gasteiger partial charge is 0.493 e. The lowest BCUT2D eigenvalue weighted by atomic mass is 10.1. The molecule has 0 atom stereocenters. The van der Waals surface area contributed by atoms with Gasteiger partial charge in [0, 0.05) is 22.7 Å². The SMILES string of the molecule is COc1ccc(NC(=O)Cc2csc(SCC(=O)c3ccc(F)cc3)n2)cc1OC. The Morgan fingerprint density at radius 2 is 1.83 bits per heavy atom. The number of rotatable bonds is 9. The van der Waals surface area contributed by atoms with E-state index in [1.165, 1.54) is 54.5 Å². The third-order valence-corrected chi connectivity index (χ3v) is 6.10. The van der Waals surface area contributed by atoms with E-state index in [0.717, 1.165) is 0 Å². The van der Waals surface area contributed by atoms with E-state index < -0.39 is 0 Å². The van der Waals surface area contributed by atoms with E-state index in [1.54, 1.807) is 30.7 Å². The molecule has 30 heavy (non-hydrogen) atoms. The van der Waals surface area contributed by atoms with Gasteiger partial charge < -0.3 is 14.8 Å². The first-order valence-electron chi connectivity index (χ1n) is 8.86. The minimum atomic E-state index is -0.380. The summed E-state index contributed by atoms with van der Waals surface area (Å²) in [4.78, 5) is 28.9. The Balaban J connectivity index is 1.53. The first kappa shape index (κ1) is 21.8. The summed E-state index contributed by atoms with van der Waals surface area (Å²) < 4.78 is 24.0. The number of carbonyl (C=O) groups excluding carboxylic acids is 2. The minimum absolute atomic E-state index is 0.108. The van der Waals surface area contributed by atoms with Crippen molar-refractivity contribution in [1.82, 2.24) is 4.98 Å². The van der Waals surface area contributed by atoms with Crippen LogP contribution in [0, 0.1) is 5.82 Å². The van der Waals surface area contributed by atoms with Crippen molar-refractivity contribution in [2.45, 2.75) is 10.8 Å². The second-order valence-corrected chi connectivity index (χ2v) is 8.20. The molecule has 156 valence electrons. The molecule has 0 fully saturated rings. The Hall–Kier alpha value is -2.91. The summed E-state index contributed by atoms with van der Waals surface area (Å²) in [5.74, 6) is 0.584. The van der Waals surface area contributed by atoms with Crippen LogP contribution in [0.3, 0.4) is 0 Å². The van der Waals surface area contributed by atoms with Crippen molar-refractivity contribution in [3.8, 4) is 11.5 Å². The second-order valence-electron chi connectivity index (χ2n) is 6.12. The average molecular weight is 447 g/mol. The number of thioether (sulfide) groups is 1. The maximum Gasteiger partial charge on any atom is 0.230 e. The van der Waals surface area contributed by atoms with Gasteiger partial charge in [0.15, 0.2) is 21.6 Å². The maximum absolute atomic E-state index is 12.9. The smallest absolute Gasteiger partial charge is 0.230 e. The van der Waals surface area contributed by atoms with Crippen LogP contribution in [0.2, 0.25) is 0 Å². The molecule has 0 saturated carbocycles. The van der Waals surface area contributed by atoms with Gasteiger partial charge in [0.25, 0.3) is 0 Å². The van der Waals surface area contributed by atoms with Crippen molar-refractivity contribution in [3.63, 3.8) is 0 Å². The molecule has 0 aliphatic rings. The number of hydrogen-bond donors (Lipinski definition) is 1. The molecule has 2 aromatic carbocycles. The second kappa shape index (κ2) is 10.2. The fourth-order valence-electron chi connectivity index (χ4n) is 2.57. The van der Waals surface area contributed by atoms with Crippen LogP contribution >= 0.6 is 23.1 Å². The number of nitrogens with one attached hydrogen (secondary N) is 1. The van der Waals surface area contributed by atoms with E-state index in [0.29, 0.717) is 32.8 Å². The highest BCUT2D eigenvalue weighted by Gasteiger charge is 2.12. The highest BCUT2D eigenvalue weighted by molar-refractivity contribution is 8.01. The summed E-state index contributed by atoms with van der Waals surface area (Å²) in [6.45, 7) is 0. The molecule has 1 N–H and O–H groups in total. The predicted molar refractivity (Wildman–Crippen MR) is 115 cm³/mol. The van der Waals surface area contributed by atoms with E-state index in [2.05, 4.69) is 10.3 Å². The Morgan fingerprint density at radius 1 is 1.10 bits per heavy atom. The van der Waals surface area contributed by atoms with Gasteiger partial charge in [-0.2, -0.15) is 0 Å². The van der Waals surface area contributed by atoms with Crippen LogP contribution < -0.4 is 14.8 Å². The van der Waals surface area contributed by atoms with Crippen molar-refractivity contribution < 1.29 is 23.5 Å². The molecule has 3 aromatic rings. The van der Waals surface area contributed by atoms with Crippen LogP contribution in [-0.2, 0) is 11.2 Å². The number of methoxy groups -OCH3 is 2. The van der Waals surface area contributed by atoms with Crippen LogP contribution in [0.1, 0.15) is 16.1 Å². The highest BCUT2D eigenvalue weighted by Crippen LogP contribution is 2.30. The number of nitrogens with zero attached hydrogens (tertiary/aromatic N) is 1. The first-order chi connectivity index (χ1) is 14.5. The van der Waals surface area contributed by atoms with Gasteiger partial charge in [-0.15, -0.1) is 11.3 Å². The molecular weight excluding hydrogens is 427 g/mol. The van der Waals surface area contributed by atoms with Crippen molar-refractivity contribution >= 4 is 40.5 Å². The number of amides is 1. The van der Waals surface area contributed by atoms with Crippen LogP contribution in [-0.4, -0.2) is 36.6 Å². The number of ketones is 1. The Kier molecular flexibility index (Phi) is 7.42. The standard InChI is InChI=1S/C21H19FN2O4S2/c1-27-18-8-7-15(9-19(18)28-2)23-20(26)10-16-11-29-21(24-16)30-12-17(25)13-3-5-14(22)6-4-13/h3-9,11H,10,12H2,1-2H3,(H,23,26). The molecule has 0 aliphatic heterocycles. The molecule has 1 aromatic heterocycles. The van der Waals surface area contributed by atoms with Gasteiger partial charge in [-0.3, -0.25) is 9.59 Å². The zero-order valence-electron chi connectivity index (χ0n) is 16.3. The van der Waals surface area contributed by atoms with E-state index >= 15 is 0 Å². The summed E-state index contributed by atoms with van der Waals surface area (Å²) in [7, 11) is 3.07. The summed E-state index contributed by atoms with van der Waals surface area (Å²) in [6.07, 6.45) is 0.108. The highest BCUT2D eigenvalue weighted by atomic mass is 32.2. The topological polar surface area (TPSA) is 77.5 Å². The van der Waals surface area contributed by atoms with Gasteiger partial charge in [-0.1, -0.05) is 11.8 Å². The zero-order chi connectivity index (χ0) is 21.5. The fraction of sp³-hybridized carbons (Fsp3) is 0.190. The number of hydrogen-bond acceptors (Lipinski definition) is 7. The molecule has 0 bridgehead atoms. The molecule has 1 heterocycles. The van der Waals surface area contributed by atoms with E-state index in [4.69, 9.17) is 9.47 Å².